The molecule has 1 aromatic rings. The highest BCUT2D eigenvalue weighted by atomic mass is 32.2. The molecule has 0 aliphatic rings. The lowest BCUT2D eigenvalue weighted by Crippen LogP contribution is -2.06. The van der Waals surface area contributed by atoms with Crippen molar-refractivity contribution in [2.24, 2.45) is 0 Å². The van der Waals surface area contributed by atoms with Gasteiger partial charge in [-0.2, -0.15) is 0 Å². The van der Waals surface area contributed by atoms with E-state index in [2.05, 4.69) is 0 Å². The highest BCUT2D eigenvalue weighted by Crippen LogP contribution is 2.14. The Balaban J connectivity index is 2.35. The maximum atomic E-state index is 11.7. The van der Waals surface area contributed by atoms with E-state index in [1.807, 2.05) is 19.1 Å². The summed E-state index contributed by atoms with van der Waals surface area (Å²) in [5.74, 6) is 0.211. The van der Waals surface area contributed by atoms with Crippen LogP contribution >= 0.6 is 11.8 Å². The van der Waals surface area contributed by atoms with Crippen LogP contribution in [0.2, 0.25) is 0 Å². The van der Waals surface area contributed by atoms with Crippen molar-refractivity contribution in [2.75, 3.05) is 12.4 Å². The number of benzene rings is 1. The largest absolute Gasteiger partial charge is 0.466 e. The Hall–Kier alpha value is -1.29. The average molecular weight is 252 g/mol. The van der Waals surface area contributed by atoms with Crippen LogP contribution in [0.5, 0.6) is 0 Å². The molecule has 0 aliphatic heterocycles. The summed E-state index contributed by atoms with van der Waals surface area (Å²) in [6.07, 6.45) is 0.274. The Kier molecular flexibility index (Phi) is 5.77. The van der Waals surface area contributed by atoms with Gasteiger partial charge in [0.2, 0.25) is 5.12 Å². The number of ether oxygens (including phenoxy) is 1. The normalized spacial score (nSPS) is 10.0. The summed E-state index contributed by atoms with van der Waals surface area (Å²) in [4.78, 5) is 22.8. The highest BCUT2D eigenvalue weighted by molar-refractivity contribution is 8.14. The first-order valence-corrected chi connectivity index (χ1v) is 6.51. The zero-order valence-electron chi connectivity index (χ0n) is 10.1. The van der Waals surface area contributed by atoms with E-state index in [9.17, 15) is 9.59 Å². The Bertz CT molecular complexity index is 384. The van der Waals surface area contributed by atoms with Crippen molar-refractivity contribution in [2.45, 2.75) is 20.3 Å². The zero-order chi connectivity index (χ0) is 12.7. The summed E-state index contributed by atoms with van der Waals surface area (Å²) >= 11 is 1.15. The average Bonchev–Trinajstić information content (AvgIpc) is 2.30. The lowest BCUT2D eigenvalue weighted by Gasteiger charge is -2.02. The summed E-state index contributed by atoms with van der Waals surface area (Å²) in [6, 6.07) is 7.41. The third-order valence-electron chi connectivity index (χ3n) is 2.13. The third kappa shape index (κ3) is 5.04. The van der Waals surface area contributed by atoms with Crippen molar-refractivity contribution >= 4 is 22.8 Å². The fourth-order valence-corrected chi connectivity index (χ4v) is 1.99. The molecule has 1 aromatic carbocycles. The van der Waals surface area contributed by atoms with Crippen molar-refractivity contribution in [3.05, 3.63) is 35.4 Å². The first-order valence-electron chi connectivity index (χ1n) is 5.53. The Morgan fingerprint density at radius 3 is 2.47 bits per heavy atom. The highest BCUT2D eigenvalue weighted by Gasteiger charge is 2.08. The standard InChI is InChI=1S/C13H16O3S/c1-3-16-12(14)8-9-17-13(15)11-6-4-10(2)5-7-11/h4-7H,3,8-9H2,1-2H3. The molecule has 0 atom stereocenters. The van der Waals surface area contributed by atoms with Crippen LogP contribution in [0.4, 0.5) is 0 Å². The second-order valence-electron chi connectivity index (χ2n) is 3.56. The van der Waals surface area contributed by atoms with Gasteiger partial charge in [0.05, 0.1) is 13.0 Å². The van der Waals surface area contributed by atoms with Gasteiger partial charge in [-0.25, -0.2) is 0 Å². The van der Waals surface area contributed by atoms with Crippen LogP contribution in [0.1, 0.15) is 29.3 Å². The van der Waals surface area contributed by atoms with Crippen LogP contribution in [-0.4, -0.2) is 23.4 Å². The Morgan fingerprint density at radius 1 is 1.24 bits per heavy atom. The lowest BCUT2D eigenvalue weighted by atomic mass is 10.2. The van der Waals surface area contributed by atoms with Crippen molar-refractivity contribution in [1.29, 1.82) is 0 Å². The molecule has 1 rings (SSSR count). The Morgan fingerprint density at radius 2 is 1.88 bits per heavy atom. The molecular weight excluding hydrogens is 236 g/mol. The molecule has 0 amide bonds. The molecule has 17 heavy (non-hydrogen) atoms. The fraction of sp³-hybridized carbons (Fsp3) is 0.385. The van der Waals surface area contributed by atoms with Gasteiger partial charge >= 0.3 is 5.97 Å². The van der Waals surface area contributed by atoms with Gasteiger partial charge in [-0.3, -0.25) is 9.59 Å². The number of hydrogen-bond donors (Lipinski definition) is 0. The maximum absolute atomic E-state index is 11.7. The molecule has 0 aromatic heterocycles. The van der Waals surface area contributed by atoms with Crippen LogP contribution in [-0.2, 0) is 9.53 Å². The van der Waals surface area contributed by atoms with E-state index >= 15 is 0 Å². The first-order chi connectivity index (χ1) is 8.13. The van der Waals surface area contributed by atoms with E-state index in [1.165, 1.54) is 0 Å². The molecule has 0 saturated heterocycles. The summed E-state index contributed by atoms with van der Waals surface area (Å²) in [6.45, 7) is 4.13. The number of carbonyl (C=O) groups is 2. The van der Waals surface area contributed by atoms with Crippen LogP contribution in [0, 0.1) is 6.92 Å². The number of hydrogen-bond acceptors (Lipinski definition) is 4. The molecule has 0 aliphatic carbocycles. The van der Waals surface area contributed by atoms with Gasteiger partial charge < -0.3 is 4.74 Å². The maximum Gasteiger partial charge on any atom is 0.306 e. The molecular formula is C13H16O3S. The van der Waals surface area contributed by atoms with Gasteiger partial charge in [0.15, 0.2) is 0 Å². The van der Waals surface area contributed by atoms with Crippen molar-refractivity contribution in [3.8, 4) is 0 Å². The van der Waals surface area contributed by atoms with Crippen molar-refractivity contribution < 1.29 is 14.3 Å². The molecule has 0 spiro atoms. The summed E-state index contributed by atoms with van der Waals surface area (Å²) in [5.41, 5.74) is 1.79. The number of carbonyl (C=O) groups excluding carboxylic acids is 2. The van der Waals surface area contributed by atoms with E-state index in [0.717, 1.165) is 17.3 Å². The van der Waals surface area contributed by atoms with E-state index in [1.54, 1.807) is 19.1 Å². The van der Waals surface area contributed by atoms with Gasteiger partial charge in [-0.05, 0) is 13.8 Å². The van der Waals surface area contributed by atoms with Crippen LogP contribution in [0.3, 0.4) is 0 Å². The zero-order valence-corrected chi connectivity index (χ0v) is 10.9. The predicted octanol–water partition coefficient (Wildman–Crippen LogP) is 2.82. The molecule has 0 heterocycles. The minimum absolute atomic E-state index is 0.00528. The molecule has 0 bridgehead atoms. The number of rotatable bonds is 5. The van der Waals surface area contributed by atoms with E-state index < -0.39 is 0 Å². The van der Waals surface area contributed by atoms with Crippen molar-refractivity contribution in [1.82, 2.24) is 0 Å². The number of thioether (sulfide) groups is 1. The number of esters is 1. The smallest absolute Gasteiger partial charge is 0.306 e. The second-order valence-corrected chi connectivity index (χ2v) is 4.62. The third-order valence-corrected chi connectivity index (χ3v) is 3.04. The summed E-state index contributed by atoms with van der Waals surface area (Å²) in [5, 5.41) is -0.00528. The molecule has 92 valence electrons. The first kappa shape index (κ1) is 13.8. The van der Waals surface area contributed by atoms with Crippen molar-refractivity contribution in [3.63, 3.8) is 0 Å². The number of aryl methyl sites for hydroxylation is 1. The van der Waals surface area contributed by atoms with Gasteiger partial charge in [0, 0.05) is 11.3 Å². The monoisotopic (exact) mass is 252 g/mol. The SMILES string of the molecule is CCOC(=O)CCSC(=O)c1ccc(C)cc1. The van der Waals surface area contributed by atoms with E-state index in [0.29, 0.717) is 17.9 Å². The topological polar surface area (TPSA) is 43.4 Å². The second kappa shape index (κ2) is 7.12. The van der Waals surface area contributed by atoms with Gasteiger partial charge in [0.25, 0.3) is 0 Å². The van der Waals surface area contributed by atoms with Gasteiger partial charge in [-0.1, -0.05) is 41.6 Å². The van der Waals surface area contributed by atoms with Gasteiger partial charge in [-0.15, -0.1) is 0 Å². The predicted molar refractivity (Wildman–Crippen MR) is 69.2 cm³/mol. The fourth-order valence-electron chi connectivity index (χ4n) is 1.23. The van der Waals surface area contributed by atoms with E-state index in [-0.39, 0.29) is 17.5 Å². The minimum Gasteiger partial charge on any atom is -0.466 e. The lowest BCUT2D eigenvalue weighted by molar-refractivity contribution is -0.142. The van der Waals surface area contributed by atoms with E-state index in [4.69, 9.17) is 4.74 Å². The quantitative estimate of drug-likeness (QED) is 0.756. The van der Waals surface area contributed by atoms with Crippen LogP contribution in [0.15, 0.2) is 24.3 Å². The molecule has 0 N–H and O–H groups in total. The molecule has 4 heteroatoms. The molecule has 3 nitrogen and oxygen atoms in total. The molecule has 0 unspecified atom stereocenters. The molecule has 0 saturated carbocycles. The van der Waals surface area contributed by atoms with Crippen LogP contribution in [0.25, 0.3) is 0 Å². The van der Waals surface area contributed by atoms with Gasteiger partial charge in [0.1, 0.15) is 0 Å². The van der Waals surface area contributed by atoms with Crippen LogP contribution < -0.4 is 0 Å². The minimum atomic E-state index is -0.253. The molecule has 0 radical (unpaired) electrons. The summed E-state index contributed by atoms with van der Waals surface area (Å²) < 4.78 is 4.78. The Labute approximate surface area is 106 Å². The summed E-state index contributed by atoms with van der Waals surface area (Å²) in [7, 11) is 0. The molecule has 0 fully saturated rings.